The van der Waals surface area contributed by atoms with Crippen LogP contribution < -0.4 is 10.0 Å². The van der Waals surface area contributed by atoms with Crippen molar-refractivity contribution in [2.24, 2.45) is 0 Å². The Balaban J connectivity index is 1.46. The van der Waals surface area contributed by atoms with Crippen molar-refractivity contribution in [1.82, 2.24) is 10.5 Å². The molecule has 0 atom stereocenters. The molecule has 1 heterocycles. The predicted molar refractivity (Wildman–Crippen MR) is 117 cm³/mol. The van der Waals surface area contributed by atoms with Crippen LogP contribution >= 0.6 is 0 Å². The Kier molecular flexibility index (Phi) is 5.81. The lowest BCUT2D eigenvalue weighted by Gasteiger charge is -2.13. The molecule has 0 aliphatic rings. The van der Waals surface area contributed by atoms with Gasteiger partial charge in [0.1, 0.15) is 5.69 Å². The van der Waals surface area contributed by atoms with Crippen LogP contribution in [0.1, 0.15) is 16.1 Å². The number of para-hydroxylation sites is 1. The molecule has 4 rings (SSSR count). The van der Waals surface area contributed by atoms with Gasteiger partial charge in [-0.15, -0.1) is 0 Å². The minimum absolute atomic E-state index is 0.0706. The number of sulfonamides is 1. The maximum Gasteiger partial charge on any atom is 0.290 e. The van der Waals surface area contributed by atoms with Crippen LogP contribution in [0.3, 0.4) is 0 Å². The summed E-state index contributed by atoms with van der Waals surface area (Å²) in [6.07, 6.45) is 0. The summed E-state index contributed by atoms with van der Waals surface area (Å²) in [6, 6.07) is 25.9. The lowest BCUT2D eigenvalue weighted by Crippen LogP contribution is -2.23. The van der Waals surface area contributed by atoms with Crippen LogP contribution in [-0.2, 0) is 16.6 Å². The Labute approximate surface area is 179 Å². The van der Waals surface area contributed by atoms with E-state index in [1.165, 1.54) is 12.1 Å². The van der Waals surface area contributed by atoms with E-state index in [1.807, 2.05) is 30.3 Å². The smallest absolute Gasteiger partial charge is 0.290 e. The van der Waals surface area contributed by atoms with Crippen molar-refractivity contribution in [2.45, 2.75) is 11.4 Å². The molecule has 1 aromatic heterocycles. The van der Waals surface area contributed by atoms with Gasteiger partial charge in [0.2, 0.25) is 5.76 Å². The SMILES string of the molecule is O=C(NCc1ccccc1NS(=O)(=O)c1ccccc1)c1cc(-c2ccccc2)no1. The van der Waals surface area contributed by atoms with Crippen LogP contribution in [0.25, 0.3) is 11.3 Å². The molecule has 0 saturated heterocycles. The van der Waals surface area contributed by atoms with Crippen molar-refractivity contribution in [3.05, 3.63) is 102 Å². The second-order valence-corrected chi connectivity index (χ2v) is 8.38. The van der Waals surface area contributed by atoms with E-state index in [1.54, 1.807) is 48.5 Å². The molecule has 0 fully saturated rings. The number of aromatic nitrogens is 1. The van der Waals surface area contributed by atoms with E-state index in [-0.39, 0.29) is 17.2 Å². The molecule has 0 aliphatic heterocycles. The highest BCUT2D eigenvalue weighted by Gasteiger charge is 2.17. The van der Waals surface area contributed by atoms with E-state index in [9.17, 15) is 13.2 Å². The highest BCUT2D eigenvalue weighted by Crippen LogP contribution is 2.21. The first-order chi connectivity index (χ1) is 15.0. The number of hydrogen-bond donors (Lipinski definition) is 2. The molecular formula is C23H19N3O4S. The fourth-order valence-electron chi connectivity index (χ4n) is 2.97. The standard InChI is InChI=1S/C23H19N3O4S/c27-23(22-15-21(25-30-22)17-9-3-1-4-10-17)24-16-18-11-7-8-14-20(18)26-31(28,29)19-12-5-2-6-13-19/h1-15,26H,16H2,(H,24,27). The maximum atomic E-state index is 12.6. The first-order valence-corrected chi connectivity index (χ1v) is 11.0. The summed E-state index contributed by atoms with van der Waals surface area (Å²) < 4.78 is 33.0. The van der Waals surface area contributed by atoms with Gasteiger partial charge in [-0.1, -0.05) is 71.9 Å². The fraction of sp³-hybridized carbons (Fsp3) is 0.0435. The number of hydrogen-bond acceptors (Lipinski definition) is 5. The molecule has 31 heavy (non-hydrogen) atoms. The van der Waals surface area contributed by atoms with Gasteiger partial charge in [-0.25, -0.2) is 8.42 Å². The summed E-state index contributed by atoms with van der Waals surface area (Å²) in [4.78, 5) is 12.7. The molecule has 0 unspecified atom stereocenters. The molecule has 0 radical (unpaired) electrons. The molecule has 0 bridgehead atoms. The van der Waals surface area contributed by atoms with Gasteiger partial charge in [0.15, 0.2) is 0 Å². The minimum Gasteiger partial charge on any atom is -0.350 e. The summed E-state index contributed by atoms with van der Waals surface area (Å²) in [6.45, 7) is 0.105. The first kappa shape index (κ1) is 20.4. The van der Waals surface area contributed by atoms with Crippen molar-refractivity contribution in [3.63, 3.8) is 0 Å². The molecule has 156 valence electrons. The quantitative estimate of drug-likeness (QED) is 0.457. The van der Waals surface area contributed by atoms with E-state index in [4.69, 9.17) is 4.52 Å². The molecule has 0 spiro atoms. The topological polar surface area (TPSA) is 101 Å². The molecule has 3 aromatic carbocycles. The summed E-state index contributed by atoms with van der Waals surface area (Å²) in [7, 11) is -3.75. The number of carbonyl (C=O) groups excluding carboxylic acids is 1. The third kappa shape index (κ3) is 4.81. The Bertz CT molecular complexity index is 1290. The number of rotatable bonds is 7. The molecule has 1 amide bonds. The third-order valence-electron chi connectivity index (χ3n) is 4.56. The summed E-state index contributed by atoms with van der Waals surface area (Å²) in [5.41, 5.74) is 2.39. The van der Waals surface area contributed by atoms with Gasteiger partial charge in [0, 0.05) is 18.2 Å². The van der Waals surface area contributed by atoms with Gasteiger partial charge in [-0.2, -0.15) is 0 Å². The largest absolute Gasteiger partial charge is 0.350 e. The van der Waals surface area contributed by atoms with Gasteiger partial charge in [-0.3, -0.25) is 9.52 Å². The van der Waals surface area contributed by atoms with Crippen LogP contribution in [0.2, 0.25) is 0 Å². The highest BCUT2D eigenvalue weighted by atomic mass is 32.2. The van der Waals surface area contributed by atoms with Crippen molar-refractivity contribution in [2.75, 3.05) is 4.72 Å². The maximum absolute atomic E-state index is 12.6. The number of nitrogens with one attached hydrogen (secondary N) is 2. The van der Waals surface area contributed by atoms with Gasteiger partial charge in [0.25, 0.3) is 15.9 Å². The van der Waals surface area contributed by atoms with E-state index in [0.29, 0.717) is 16.9 Å². The van der Waals surface area contributed by atoms with E-state index in [2.05, 4.69) is 15.2 Å². The lowest BCUT2D eigenvalue weighted by atomic mass is 10.1. The van der Waals surface area contributed by atoms with Gasteiger partial charge in [0.05, 0.1) is 10.6 Å². The van der Waals surface area contributed by atoms with E-state index in [0.717, 1.165) is 5.56 Å². The average Bonchev–Trinajstić information content (AvgIpc) is 3.30. The third-order valence-corrected chi connectivity index (χ3v) is 5.94. The zero-order chi connectivity index (χ0) is 21.7. The highest BCUT2D eigenvalue weighted by molar-refractivity contribution is 7.92. The Morgan fingerprint density at radius 3 is 2.26 bits per heavy atom. The first-order valence-electron chi connectivity index (χ1n) is 9.49. The van der Waals surface area contributed by atoms with E-state index < -0.39 is 15.9 Å². The summed E-state index contributed by atoms with van der Waals surface area (Å²) in [5.74, 6) is -0.378. The van der Waals surface area contributed by atoms with Crippen LogP contribution in [0.4, 0.5) is 5.69 Å². The molecule has 4 aromatic rings. The van der Waals surface area contributed by atoms with Crippen molar-refractivity contribution in [1.29, 1.82) is 0 Å². The number of carbonyl (C=O) groups is 1. The predicted octanol–water partition coefficient (Wildman–Crippen LogP) is 4.07. The van der Waals surface area contributed by atoms with Crippen LogP contribution in [0.15, 0.2) is 100 Å². The Morgan fingerprint density at radius 2 is 1.52 bits per heavy atom. The monoisotopic (exact) mass is 433 g/mol. The van der Waals surface area contributed by atoms with Gasteiger partial charge >= 0.3 is 0 Å². The van der Waals surface area contributed by atoms with Crippen molar-refractivity contribution >= 4 is 21.6 Å². The normalized spacial score (nSPS) is 11.1. The fourth-order valence-corrected chi connectivity index (χ4v) is 4.09. The molecular weight excluding hydrogens is 414 g/mol. The molecule has 7 nitrogen and oxygen atoms in total. The molecule has 2 N–H and O–H groups in total. The second-order valence-electron chi connectivity index (χ2n) is 6.70. The van der Waals surface area contributed by atoms with Gasteiger partial charge < -0.3 is 9.84 Å². The van der Waals surface area contributed by atoms with Gasteiger partial charge in [-0.05, 0) is 23.8 Å². The number of amides is 1. The van der Waals surface area contributed by atoms with Crippen LogP contribution in [0, 0.1) is 0 Å². The van der Waals surface area contributed by atoms with Crippen molar-refractivity contribution in [3.8, 4) is 11.3 Å². The average molecular weight is 433 g/mol. The zero-order valence-electron chi connectivity index (χ0n) is 16.4. The van der Waals surface area contributed by atoms with E-state index >= 15 is 0 Å². The molecule has 8 heteroatoms. The molecule has 0 aliphatic carbocycles. The number of benzene rings is 3. The summed E-state index contributed by atoms with van der Waals surface area (Å²) in [5, 5.41) is 6.67. The summed E-state index contributed by atoms with van der Waals surface area (Å²) >= 11 is 0. The van der Waals surface area contributed by atoms with Crippen LogP contribution in [-0.4, -0.2) is 19.5 Å². The van der Waals surface area contributed by atoms with Crippen LogP contribution in [0.5, 0.6) is 0 Å². The Morgan fingerprint density at radius 1 is 0.871 bits per heavy atom. The Hall–Kier alpha value is -3.91. The van der Waals surface area contributed by atoms with Crippen molar-refractivity contribution < 1.29 is 17.7 Å². The molecule has 0 saturated carbocycles. The lowest BCUT2D eigenvalue weighted by molar-refractivity contribution is 0.0914. The minimum atomic E-state index is -3.75. The second kappa shape index (κ2) is 8.85. The zero-order valence-corrected chi connectivity index (χ0v) is 17.2. The number of nitrogens with zero attached hydrogens (tertiary/aromatic N) is 1. The number of anilines is 1.